The summed E-state index contributed by atoms with van der Waals surface area (Å²) in [6.07, 6.45) is 3.89. The number of nitrogens with zero attached hydrogens (tertiary/aromatic N) is 3. The highest BCUT2D eigenvalue weighted by molar-refractivity contribution is 5.95. The van der Waals surface area contributed by atoms with Gasteiger partial charge in [0.15, 0.2) is 0 Å². The molecule has 2 heterocycles. The number of rotatable bonds is 7. The zero-order chi connectivity index (χ0) is 19.5. The monoisotopic (exact) mass is 376 g/mol. The van der Waals surface area contributed by atoms with E-state index in [1.54, 1.807) is 13.3 Å². The van der Waals surface area contributed by atoms with Crippen LogP contribution in [0.25, 0.3) is 11.1 Å². The van der Waals surface area contributed by atoms with Crippen molar-refractivity contribution < 1.29 is 9.53 Å². The van der Waals surface area contributed by atoms with Crippen molar-refractivity contribution in [2.45, 2.75) is 39.0 Å². The Labute approximate surface area is 164 Å². The van der Waals surface area contributed by atoms with Crippen LogP contribution >= 0.6 is 0 Å². The quantitative estimate of drug-likeness (QED) is 0.682. The first-order valence-electron chi connectivity index (χ1n) is 9.51. The number of carbonyl (C=O) groups is 1. The minimum atomic E-state index is 0.0562. The van der Waals surface area contributed by atoms with Gasteiger partial charge in [-0.05, 0) is 49.6 Å². The summed E-state index contributed by atoms with van der Waals surface area (Å²) in [4.78, 5) is 19.4. The van der Waals surface area contributed by atoms with Gasteiger partial charge in [0, 0.05) is 36.2 Å². The SMILES string of the molecule is COCc1n[nH]c(C)c1-c1ccc(C(=O)N(Cc2ccccn2)C2CC2)cc1. The molecule has 0 aliphatic heterocycles. The van der Waals surface area contributed by atoms with Gasteiger partial charge < -0.3 is 9.64 Å². The number of benzene rings is 1. The van der Waals surface area contributed by atoms with Gasteiger partial charge in [0.05, 0.1) is 24.5 Å². The number of methoxy groups -OCH3 is 1. The molecule has 6 heteroatoms. The van der Waals surface area contributed by atoms with E-state index in [-0.39, 0.29) is 5.91 Å². The Morgan fingerprint density at radius 2 is 2.00 bits per heavy atom. The molecule has 0 atom stereocenters. The molecule has 0 saturated heterocycles. The van der Waals surface area contributed by atoms with E-state index in [1.807, 2.05) is 54.3 Å². The van der Waals surface area contributed by atoms with Crippen LogP contribution in [0.1, 0.15) is 40.3 Å². The van der Waals surface area contributed by atoms with E-state index >= 15 is 0 Å². The molecule has 1 N–H and O–H groups in total. The topological polar surface area (TPSA) is 71.1 Å². The fourth-order valence-electron chi connectivity index (χ4n) is 3.47. The second-order valence-electron chi connectivity index (χ2n) is 7.17. The highest BCUT2D eigenvalue weighted by Crippen LogP contribution is 2.31. The molecule has 2 aromatic heterocycles. The van der Waals surface area contributed by atoms with Gasteiger partial charge >= 0.3 is 0 Å². The van der Waals surface area contributed by atoms with Crippen LogP contribution in [0.15, 0.2) is 48.7 Å². The lowest BCUT2D eigenvalue weighted by molar-refractivity contribution is 0.0728. The lowest BCUT2D eigenvalue weighted by atomic mass is 10.0. The highest BCUT2D eigenvalue weighted by Gasteiger charge is 2.33. The summed E-state index contributed by atoms with van der Waals surface area (Å²) in [5, 5.41) is 7.33. The molecule has 28 heavy (non-hydrogen) atoms. The molecule has 1 fully saturated rings. The number of aromatic nitrogens is 3. The van der Waals surface area contributed by atoms with E-state index in [4.69, 9.17) is 4.74 Å². The Kier molecular flexibility index (Phi) is 5.21. The molecule has 144 valence electrons. The molecule has 1 amide bonds. The van der Waals surface area contributed by atoms with Crippen LogP contribution in [0.5, 0.6) is 0 Å². The number of aromatic amines is 1. The summed E-state index contributed by atoms with van der Waals surface area (Å²) in [5.41, 5.74) is 5.53. The average molecular weight is 376 g/mol. The lowest BCUT2D eigenvalue weighted by Crippen LogP contribution is -2.32. The zero-order valence-corrected chi connectivity index (χ0v) is 16.2. The van der Waals surface area contributed by atoms with Gasteiger partial charge in [-0.1, -0.05) is 18.2 Å². The summed E-state index contributed by atoms with van der Waals surface area (Å²) in [7, 11) is 1.66. The molecule has 4 rings (SSSR count). The second kappa shape index (κ2) is 7.94. The first-order valence-corrected chi connectivity index (χ1v) is 9.51. The minimum absolute atomic E-state index is 0.0562. The summed E-state index contributed by atoms with van der Waals surface area (Å²) < 4.78 is 5.24. The number of amides is 1. The van der Waals surface area contributed by atoms with E-state index < -0.39 is 0 Å². The van der Waals surface area contributed by atoms with Gasteiger partial charge in [0.25, 0.3) is 5.91 Å². The maximum Gasteiger partial charge on any atom is 0.254 e. The van der Waals surface area contributed by atoms with Crippen LogP contribution in [0.2, 0.25) is 0 Å². The molecular weight excluding hydrogens is 352 g/mol. The van der Waals surface area contributed by atoms with Gasteiger partial charge in [-0.15, -0.1) is 0 Å². The van der Waals surface area contributed by atoms with E-state index in [1.165, 1.54) is 0 Å². The fourth-order valence-corrected chi connectivity index (χ4v) is 3.47. The first kappa shape index (κ1) is 18.4. The summed E-state index contributed by atoms with van der Waals surface area (Å²) in [6, 6.07) is 13.9. The summed E-state index contributed by atoms with van der Waals surface area (Å²) in [6.45, 7) is 2.98. The molecule has 1 saturated carbocycles. The van der Waals surface area contributed by atoms with Crippen LogP contribution < -0.4 is 0 Å². The minimum Gasteiger partial charge on any atom is -0.378 e. The maximum atomic E-state index is 13.1. The lowest BCUT2D eigenvalue weighted by Gasteiger charge is -2.22. The number of nitrogens with one attached hydrogen (secondary N) is 1. The fraction of sp³-hybridized carbons (Fsp3) is 0.318. The first-order chi connectivity index (χ1) is 13.7. The van der Waals surface area contributed by atoms with E-state index in [2.05, 4.69) is 15.2 Å². The van der Waals surface area contributed by atoms with Gasteiger partial charge in [-0.3, -0.25) is 14.9 Å². The number of aryl methyl sites for hydroxylation is 1. The third kappa shape index (κ3) is 3.82. The number of ether oxygens (including phenoxy) is 1. The molecule has 0 spiro atoms. The largest absolute Gasteiger partial charge is 0.378 e. The van der Waals surface area contributed by atoms with Crippen molar-refractivity contribution in [1.82, 2.24) is 20.1 Å². The molecule has 3 aromatic rings. The molecule has 1 aromatic carbocycles. The normalized spacial score (nSPS) is 13.5. The van der Waals surface area contributed by atoms with Crippen LogP contribution in [-0.2, 0) is 17.9 Å². The predicted octanol–water partition coefficient (Wildman–Crippen LogP) is 3.73. The molecular formula is C22H24N4O2. The number of H-pyrrole nitrogens is 1. The molecule has 0 unspecified atom stereocenters. The third-order valence-electron chi connectivity index (χ3n) is 5.03. The van der Waals surface area contributed by atoms with Crippen LogP contribution in [0.3, 0.4) is 0 Å². The van der Waals surface area contributed by atoms with Gasteiger partial charge in [-0.25, -0.2) is 0 Å². The molecule has 1 aliphatic carbocycles. The Balaban J connectivity index is 1.56. The van der Waals surface area contributed by atoms with Crippen LogP contribution in [0.4, 0.5) is 0 Å². The van der Waals surface area contributed by atoms with Crippen molar-refractivity contribution in [3.63, 3.8) is 0 Å². The van der Waals surface area contributed by atoms with Crippen molar-refractivity contribution in [2.24, 2.45) is 0 Å². The van der Waals surface area contributed by atoms with E-state index in [0.717, 1.165) is 41.1 Å². The number of pyridine rings is 1. The third-order valence-corrected chi connectivity index (χ3v) is 5.03. The van der Waals surface area contributed by atoms with E-state index in [9.17, 15) is 4.79 Å². The molecule has 0 radical (unpaired) electrons. The summed E-state index contributed by atoms with van der Waals surface area (Å²) in [5.74, 6) is 0.0562. The van der Waals surface area contributed by atoms with Gasteiger partial charge in [0.2, 0.25) is 0 Å². The number of hydrogen-bond donors (Lipinski definition) is 1. The molecule has 1 aliphatic rings. The van der Waals surface area contributed by atoms with Gasteiger partial charge in [-0.2, -0.15) is 5.10 Å². The van der Waals surface area contributed by atoms with Crippen LogP contribution in [0, 0.1) is 6.92 Å². The van der Waals surface area contributed by atoms with Crippen LogP contribution in [-0.4, -0.2) is 39.1 Å². The second-order valence-corrected chi connectivity index (χ2v) is 7.17. The number of carbonyl (C=O) groups excluding carboxylic acids is 1. The maximum absolute atomic E-state index is 13.1. The van der Waals surface area contributed by atoms with Crippen molar-refractivity contribution in [1.29, 1.82) is 0 Å². The molecule has 6 nitrogen and oxygen atoms in total. The highest BCUT2D eigenvalue weighted by atomic mass is 16.5. The molecule has 0 bridgehead atoms. The smallest absolute Gasteiger partial charge is 0.254 e. The summed E-state index contributed by atoms with van der Waals surface area (Å²) >= 11 is 0. The zero-order valence-electron chi connectivity index (χ0n) is 16.2. The Morgan fingerprint density at radius 3 is 2.64 bits per heavy atom. The number of hydrogen-bond acceptors (Lipinski definition) is 4. The van der Waals surface area contributed by atoms with Crippen molar-refractivity contribution in [3.05, 3.63) is 71.3 Å². The van der Waals surface area contributed by atoms with Gasteiger partial charge in [0.1, 0.15) is 0 Å². The predicted molar refractivity (Wildman–Crippen MR) is 107 cm³/mol. The van der Waals surface area contributed by atoms with Crippen molar-refractivity contribution in [2.75, 3.05) is 7.11 Å². The standard InChI is InChI=1S/C22H24N4O2/c1-15-21(20(14-28-2)25-24-15)16-6-8-17(9-7-16)22(27)26(19-10-11-19)13-18-5-3-4-12-23-18/h3-9,12,19H,10-11,13-14H2,1-2H3,(H,24,25). The Morgan fingerprint density at radius 1 is 1.21 bits per heavy atom. The van der Waals surface area contributed by atoms with Crippen molar-refractivity contribution >= 4 is 5.91 Å². The van der Waals surface area contributed by atoms with Crippen molar-refractivity contribution in [3.8, 4) is 11.1 Å². The Bertz CT molecular complexity index is 946. The average Bonchev–Trinajstić information content (AvgIpc) is 3.50. The Hall–Kier alpha value is -2.99. The van der Waals surface area contributed by atoms with E-state index in [0.29, 0.717) is 24.8 Å².